The number of benzene rings is 1. The standard InChI is InChI=1S/C14H18N2O5.C12H22O11.C4H5NO4S/c1-21-14(20)11(7-9-5-3-2-4-6-9)16-13(19)10(15)8-12(17)18;13-1-4-6(16)8(18)9(19)11(21-4)23-12(3-15)10(20)7(17)5(2-14)22-12;1-3-2-4(6)5-10(7,8)9-3/h2-6,10-11H,7-8,15H2,1H3,(H,16,19)(H,17,18);4-11,13-20H,1-3H2;2H,1H3,(H,5,6)/t10-,11-;4-,5-,6-,7-,8+,9-,10+,11-,12+;/m01./s1. The summed E-state index contributed by atoms with van der Waals surface area (Å²) in [6.45, 7) is -0.937. The van der Waals surface area contributed by atoms with Gasteiger partial charge in [0.05, 0.1) is 32.8 Å². The highest BCUT2D eigenvalue weighted by molar-refractivity contribution is 7.85. The molecule has 1 aromatic carbocycles. The third-order valence-corrected chi connectivity index (χ3v) is 8.62. The molecule has 54 heavy (non-hydrogen) atoms. The molecule has 2 saturated heterocycles. The smallest absolute Gasteiger partial charge is 0.409 e. The number of carbonyl (C=O) groups excluding carboxylic acids is 3. The van der Waals surface area contributed by atoms with E-state index in [9.17, 15) is 58.2 Å². The van der Waals surface area contributed by atoms with Gasteiger partial charge in [0, 0.05) is 12.5 Å². The maximum absolute atomic E-state index is 11.8. The van der Waals surface area contributed by atoms with Gasteiger partial charge in [0.25, 0.3) is 5.91 Å². The Kier molecular flexibility index (Phi) is 17.7. The van der Waals surface area contributed by atoms with Crippen LogP contribution in [0.3, 0.4) is 0 Å². The van der Waals surface area contributed by atoms with Crippen molar-refractivity contribution < 1.29 is 96.7 Å². The number of carbonyl (C=O) groups is 4. The molecule has 11 atom stereocenters. The Labute approximate surface area is 307 Å². The minimum absolute atomic E-state index is 0.0729. The summed E-state index contributed by atoms with van der Waals surface area (Å²) in [6.07, 6.45) is -11.9. The van der Waals surface area contributed by atoms with Crippen molar-refractivity contribution in [1.29, 1.82) is 0 Å². The van der Waals surface area contributed by atoms with Crippen molar-refractivity contribution in [2.75, 3.05) is 26.9 Å². The summed E-state index contributed by atoms with van der Waals surface area (Å²) in [5.41, 5.74) is 6.29. The van der Waals surface area contributed by atoms with E-state index in [0.717, 1.165) is 11.6 Å². The molecule has 1 aromatic rings. The summed E-state index contributed by atoms with van der Waals surface area (Å²) in [4.78, 5) is 44.5. The number of nitrogens with one attached hydrogen (secondary N) is 2. The second kappa shape index (κ2) is 20.7. The van der Waals surface area contributed by atoms with Gasteiger partial charge in [-0.05, 0) is 12.5 Å². The first-order valence-electron chi connectivity index (χ1n) is 15.8. The van der Waals surface area contributed by atoms with Crippen LogP contribution in [0.5, 0.6) is 0 Å². The number of allylic oxidation sites excluding steroid dienone is 1. The highest BCUT2D eigenvalue weighted by atomic mass is 32.2. The lowest BCUT2D eigenvalue weighted by Crippen LogP contribution is -2.62. The molecular weight excluding hydrogens is 754 g/mol. The van der Waals surface area contributed by atoms with Gasteiger partial charge >= 0.3 is 22.2 Å². The number of carboxylic acids is 1. The number of rotatable bonds is 12. The van der Waals surface area contributed by atoms with Crippen LogP contribution in [0.4, 0.5) is 0 Å². The normalized spacial score (nSPS) is 31.0. The third kappa shape index (κ3) is 12.9. The molecule has 0 aromatic heterocycles. The number of amides is 2. The van der Waals surface area contributed by atoms with Crippen molar-refractivity contribution >= 4 is 34.1 Å². The Morgan fingerprint density at radius 2 is 1.59 bits per heavy atom. The van der Waals surface area contributed by atoms with E-state index < -0.39 is 127 Å². The first-order chi connectivity index (χ1) is 25.2. The van der Waals surface area contributed by atoms with Crippen LogP contribution < -0.4 is 15.8 Å². The van der Waals surface area contributed by atoms with Gasteiger partial charge in [0.1, 0.15) is 61.1 Å². The number of hydrogen-bond acceptors (Lipinski definition) is 20. The van der Waals surface area contributed by atoms with Gasteiger partial charge in [0.2, 0.25) is 11.7 Å². The van der Waals surface area contributed by atoms with Crippen LogP contribution in [-0.2, 0) is 59.0 Å². The van der Waals surface area contributed by atoms with Crippen LogP contribution >= 0.6 is 0 Å². The first kappa shape index (κ1) is 46.3. The molecule has 23 nitrogen and oxygen atoms in total. The number of carboxylic acid groups (broad SMARTS) is 1. The van der Waals surface area contributed by atoms with E-state index in [2.05, 4.69) is 14.2 Å². The Morgan fingerprint density at radius 3 is 2.07 bits per heavy atom. The largest absolute Gasteiger partial charge is 0.481 e. The van der Waals surface area contributed by atoms with Crippen LogP contribution in [-0.4, -0.2) is 172 Å². The number of aliphatic carboxylic acids is 1. The lowest BCUT2D eigenvalue weighted by Gasteiger charge is -2.43. The minimum Gasteiger partial charge on any atom is -0.481 e. The van der Waals surface area contributed by atoms with Crippen LogP contribution in [0.15, 0.2) is 42.2 Å². The molecule has 0 bridgehead atoms. The highest BCUT2D eigenvalue weighted by Gasteiger charge is 2.58. The Balaban J connectivity index is 0.000000300. The van der Waals surface area contributed by atoms with Crippen molar-refractivity contribution in [2.45, 2.75) is 86.7 Å². The molecular formula is C30H45N3O20S. The summed E-state index contributed by atoms with van der Waals surface area (Å²) >= 11 is 0. The zero-order valence-corrected chi connectivity index (χ0v) is 29.6. The first-order valence-corrected chi connectivity index (χ1v) is 17.2. The molecule has 4 rings (SSSR count). The minimum atomic E-state index is -3.85. The van der Waals surface area contributed by atoms with Gasteiger partial charge in [-0.15, -0.1) is 0 Å². The third-order valence-electron chi connectivity index (χ3n) is 7.69. The Morgan fingerprint density at radius 1 is 0.981 bits per heavy atom. The molecule has 3 aliphatic rings. The van der Waals surface area contributed by atoms with Crippen molar-refractivity contribution in [3.63, 3.8) is 0 Å². The second-order valence-electron chi connectivity index (χ2n) is 11.8. The number of hydrogen-bond donors (Lipinski definition) is 12. The molecule has 2 amide bonds. The summed E-state index contributed by atoms with van der Waals surface area (Å²) in [6, 6.07) is 6.93. The summed E-state index contributed by atoms with van der Waals surface area (Å²) in [7, 11) is -2.64. The quantitative estimate of drug-likeness (QED) is 0.0875. The molecule has 13 N–H and O–H groups in total. The van der Waals surface area contributed by atoms with E-state index in [0.29, 0.717) is 0 Å². The topological polar surface area (TPSA) is 381 Å². The molecule has 0 spiro atoms. The highest BCUT2D eigenvalue weighted by Crippen LogP contribution is 2.35. The molecule has 0 unspecified atom stereocenters. The Bertz CT molecular complexity index is 1550. The maximum Gasteiger partial charge on any atom is 0.409 e. The van der Waals surface area contributed by atoms with Crippen LogP contribution in [0.2, 0.25) is 0 Å². The monoisotopic (exact) mass is 799 g/mol. The zero-order chi connectivity index (χ0) is 41.0. The van der Waals surface area contributed by atoms with Gasteiger partial charge in [0.15, 0.2) is 6.29 Å². The molecule has 0 aliphatic carbocycles. The average molecular weight is 800 g/mol. The molecule has 3 heterocycles. The maximum atomic E-state index is 11.8. The summed E-state index contributed by atoms with van der Waals surface area (Å²) in [5, 5.41) is 87.7. The van der Waals surface area contributed by atoms with Crippen LogP contribution in [0.1, 0.15) is 18.9 Å². The number of aliphatic hydroxyl groups excluding tert-OH is 8. The number of aliphatic hydroxyl groups is 8. The van der Waals surface area contributed by atoms with E-state index in [4.69, 9.17) is 35.3 Å². The SMILES string of the molecule is CC1=CC(=O)NS(=O)(=O)O1.COC(=O)[C@H](Cc1ccccc1)NC(=O)[C@@H](N)CC(=O)O.OC[C@H]1O[C@@](CO)(O[C@H]2O[C@H](CO)[C@@H](O)[C@H](O)[C@H]2O)[C@@H](O)[C@@H]1O. The molecule has 306 valence electrons. The summed E-state index contributed by atoms with van der Waals surface area (Å²) < 4.78 is 46.9. The average Bonchev–Trinajstić information content (AvgIpc) is 3.35. The lowest BCUT2D eigenvalue weighted by molar-refractivity contribution is -0.383. The van der Waals surface area contributed by atoms with Gasteiger partial charge in [-0.2, -0.15) is 8.42 Å². The fourth-order valence-corrected chi connectivity index (χ4v) is 5.67. The van der Waals surface area contributed by atoms with Crippen molar-refractivity contribution in [1.82, 2.24) is 10.0 Å². The van der Waals surface area contributed by atoms with Crippen LogP contribution in [0, 0.1) is 0 Å². The van der Waals surface area contributed by atoms with E-state index in [1.54, 1.807) is 16.9 Å². The molecule has 3 aliphatic heterocycles. The molecule has 0 saturated carbocycles. The lowest BCUT2D eigenvalue weighted by atomic mass is 9.99. The molecule has 2 fully saturated rings. The van der Waals surface area contributed by atoms with Gasteiger partial charge in [-0.25, -0.2) is 9.52 Å². The molecule has 24 heteroatoms. The van der Waals surface area contributed by atoms with E-state index in [-0.39, 0.29) is 12.2 Å². The number of esters is 1. The van der Waals surface area contributed by atoms with E-state index in [1.807, 2.05) is 18.2 Å². The van der Waals surface area contributed by atoms with Gasteiger partial charge in [-0.3, -0.25) is 14.4 Å². The van der Waals surface area contributed by atoms with Gasteiger partial charge < -0.3 is 80.1 Å². The number of ether oxygens (including phenoxy) is 4. The fourth-order valence-electron chi connectivity index (χ4n) is 4.93. The van der Waals surface area contributed by atoms with Crippen molar-refractivity contribution in [3.05, 3.63) is 47.7 Å². The second-order valence-corrected chi connectivity index (χ2v) is 13.1. The van der Waals surface area contributed by atoms with E-state index >= 15 is 0 Å². The predicted octanol–water partition coefficient (Wildman–Crippen LogP) is -6.43. The summed E-state index contributed by atoms with van der Waals surface area (Å²) in [5.74, 6) is -5.33. The van der Waals surface area contributed by atoms with Gasteiger partial charge in [-0.1, -0.05) is 30.3 Å². The zero-order valence-electron chi connectivity index (χ0n) is 28.8. The Hall–Kier alpha value is -3.89. The van der Waals surface area contributed by atoms with E-state index in [1.165, 1.54) is 14.0 Å². The van der Waals surface area contributed by atoms with Crippen LogP contribution in [0.25, 0.3) is 0 Å². The van der Waals surface area contributed by atoms with Crippen molar-refractivity contribution in [3.8, 4) is 0 Å². The number of methoxy groups -OCH3 is 1. The number of nitrogens with two attached hydrogens (primary N) is 1. The fraction of sp³-hybridized carbons (Fsp3) is 0.600. The predicted molar refractivity (Wildman–Crippen MR) is 175 cm³/mol. The van der Waals surface area contributed by atoms with Crippen molar-refractivity contribution in [2.24, 2.45) is 5.73 Å². The molecule has 0 radical (unpaired) electrons.